The zero-order chi connectivity index (χ0) is 16.7. The first-order valence-corrected chi connectivity index (χ1v) is 7.92. The Morgan fingerprint density at radius 2 is 1.79 bits per heavy atom. The smallest absolute Gasteiger partial charge is 0.193 e. The number of phenolic OH excluding ortho intramolecular Hbond substituents is 2. The Balaban J connectivity index is 1.85. The molecule has 1 aliphatic rings. The summed E-state index contributed by atoms with van der Waals surface area (Å²) in [4.78, 5) is 14.8. The maximum Gasteiger partial charge on any atom is 0.193 e. The molecule has 5 heteroatoms. The predicted molar refractivity (Wildman–Crippen MR) is 91.1 cm³/mol. The maximum absolute atomic E-state index is 12.7. The highest BCUT2D eigenvalue weighted by atomic mass is 16.3. The molecule has 3 aromatic rings. The lowest BCUT2D eigenvalue weighted by molar-refractivity contribution is 0.171. The van der Waals surface area contributed by atoms with Gasteiger partial charge in [-0.1, -0.05) is 0 Å². The van der Waals surface area contributed by atoms with Gasteiger partial charge in [-0.2, -0.15) is 0 Å². The molecule has 24 heavy (non-hydrogen) atoms. The zero-order valence-corrected chi connectivity index (χ0v) is 13.0. The molecule has 2 heterocycles. The first kappa shape index (κ1) is 14.8. The predicted octanol–water partition coefficient (Wildman–Crippen LogP) is 3.08. The summed E-state index contributed by atoms with van der Waals surface area (Å²) in [5.74, 6) is 0.718. The molecule has 0 atom stereocenters. The van der Waals surface area contributed by atoms with E-state index >= 15 is 0 Å². The second-order valence-electron chi connectivity index (χ2n) is 6.09. The van der Waals surface area contributed by atoms with Gasteiger partial charge in [-0.3, -0.25) is 9.69 Å². The Bertz CT molecular complexity index is 956. The molecule has 0 radical (unpaired) electrons. The first-order chi connectivity index (χ1) is 11.6. The molecule has 2 N–H and O–H groups in total. The van der Waals surface area contributed by atoms with E-state index in [4.69, 9.17) is 4.42 Å². The molecule has 0 aliphatic carbocycles. The van der Waals surface area contributed by atoms with E-state index in [2.05, 4.69) is 4.90 Å². The lowest BCUT2D eigenvalue weighted by Crippen LogP contribution is -2.36. The van der Waals surface area contributed by atoms with Gasteiger partial charge in [0.2, 0.25) is 0 Å². The van der Waals surface area contributed by atoms with Gasteiger partial charge < -0.3 is 14.6 Å². The summed E-state index contributed by atoms with van der Waals surface area (Å²) in [5, 5.41) is 20.0. The van der Waals surface area contributed by atoms with E-state index in [9.17, 15) is 15.0 Å². The van der Waals surface area contributed by atoms with Crippen molar-refractivity contribution in [3.63, 3.8) is 0 Å². The Morgan fingerprint density at radius 3 is 2.46 bits per heavy atom. The quantitative estimate of drug-likeness (QED) is 0.775. The molecule has 0 saturated carbocycles. The van der Waals surface area contributed by atoms with Gasteiger partial charge in [-0.05, 0) is 55.9 Å². The monoisotopic (exact) mass is 323 g/mol. The first-order valence-electron chi connectivity index (χ1n) is 7.92. The van der Waals surface area contributed by atoms with Crippen molar-refractivity contribution in [2.45, 2.75) is 13.0 Å². The van der Waals surface area contributed by atoms with Crippen LogP contribution in [0.1, 0.15) is 12.0 Å². The molecule has 0 unspecified atom stereocenters. The van der Waals surface area contributed by atoms with Crippen molar-refractivity contribution in [1.82, 2.24) is 4.90 Å². The van der Waals surface area contributed by atoms with E-state index in [0.29, 0.717) is 34.4 Å². The molecular formula is C19H17NO4. The Hall–Kier alpha value is -2.79. The van der Waals surface area contributed by atoms with E-state index in [-0.39, 0.29) is 16.9 Å². The van der Waals surface area contributed by atoms with Crippen molar-refractivity contribution >= 4 is 11.0 Å². The van der Waals surface area contributed by atoms with E-state index in [0.717, 1.165) is 19.5 Å². The summed E-state index contributed by atoms with van der Waals surface area (Å²) in [5.41, 5.74) is 1.62. The van der Waals surface area contributed by atoms with Crippen LogP contribution >= 0.6 is 0 Å². The van der Waals surface area contributed by atoms with E-state index in [1.54, 1.807) is 36.4 Å². The third kappa shape index (κ3) is 2.53. The van der Waals surface area contributed by atoms with Crippen LogP contribution in [0.15, 0.2) is 51.7 Å². The molecule has 2 aromatic carbocycles. The molecule has 122 valence electrons. The van der Waals surface area contributed by atoms with Crippen LogP contribution in [0.25, 0.3) is 22.3 Å². The van der Waals surface area contributed by atoms with E-state index in [1.807, 2.05) is 0 Å². The minimum absolute atomic E-state index is 0.124. The van der Waals surface area contributed by atoms with Crippen LogP contribution in [0.5, 0.6) is 11.5 Å². The molecule has 0 amide bonds. The van der Waals surface area contributed by atoms with Crippen LogP contribution in [0.2, 0.25) is 0 Å². The molecule has 4 rings (SSSR count). The SMILES string of the molecule is O=c1cc(-c2ccc(O)cc2)oc2ccc(O)c(CN3CCC3)c12. The number of nitrogens with zero attached hydrogens (tertiary/aromatic N) is 1. The molecule has 1 aromatic heterocycles. The number of rotatable bonds is 3. The standard InChI is InChI=1S/C19H17NO4/c21-13-4-2-12(3-5-13)18-10-16(23)19-14(11-20-8-1-9-20)15(22)6-7-17(19)24-18/h2-7,10,21-22H,1,8-9,11H2. The van der Waals surface area contributed by atoms with Gasteiger partial charge >= 0.3 is 0 Å². The van der Waals surface area contributed by atoms with E-state index < -0.39 is 0 Å². The maximum atomic E-state index is 12.7. The van der Waals surface area contributed by atoms with Crippen molar-refractivity contribution < 1.29 is 14.6 Å². The molecular weight excluding hydrogens is 306 g/mol. The summed E-state index contributed by atoms with van der Waals surface area (Å²) in [6, 6.07) is 11.1. The lowest BCUT2D eigenvalue weighted by atomic mass is 10.0. The van der Waals surface area contributed by atoms with Crippen molar-refractivity contribution in [3.8, 4) is 22.8 Å². The van der Waals surface area contributed by atoms with Crippen molar-refractivity contribution in [2.24, 2.45) is 0 Å². The molecule has 1 saturated heterocycles. The van der Waals surface area contributed by atoms with Crippen molar-refractivity contribution in [2.75, 3.05) is 13.1 Å². The van der Waals surface area contributed by atoms with Crippen LogP contribution in [0.4, 0.5) is 0 Å². The number of hydrogen-bond acceptors (Lipinski definition) is 5. The molecule has 1 aliphatic heterocycles. The third-order valence-corrected chi connectivity index (χ3v) is 4.46. The Kier molecular flexibility index (Phi) is 3.50. The van der Waals surface area contributed by atoms with Crippen LogP contribution in [0.3, 0.4) is 0 Å². The van der Waals surface area contributed by atoms with Gasteiger partial charge in [0.05, 0.1) is 5.39 Å². The second-order valence-corrected chi connectivity index (χ2v) is 6.09. The fourth-order valence-electron chi connectivity index (χ4n) is 3.00. The number of likely N-dealkylation sites (tertiary alicyclic amines) is 1. The van der Waals surface area contributed by atoms with Gasteiger partial charge in [-0.25, -0.2) is 0 Å². The van der Waals surface area contributed by atoms with Crippen LogP contribution in [0, 0.1) is 0 Å². The van der Waals surface area contributed by atoms with Crippen molar-refractivity contribution in [1.29, 1.82) is 0 Å². The average Bonchev–Trinajstić information content (AvgIpc) is 2.53. The largest absolute Gasteiger partial charge is 0.508 e. The summed E-state index contributed by atoms with van der Waals surface area (Å²) in [6.07, 6.45) is 1.14. The molecule has 1 fully saturated rings. The summed E-state index contributed by atoms with van der Waals surface area (Å²) < 4.78 is 5.89. The van der Waals surface area contributed by atoms with Crippen molar-refractivity contribution in [3.05, 3.63) is 58.3 Å². The fraction of sp³-hybridized carbons (Fsp3) is 0.211. The van der Waals surface area contributed by atoms with Gasteiger partial charge in [0.15, 0.2) is 5.43 Å². The Labute approximate surface area is 138 Å². The normalized spacial score (nSPS) is 14.7. The zero-order valence-electron chi connectivity index (χ0n) is 13.0. The minimum atomic E-state index is -0.175. The van der Waals surface area contributed by atoms with Gasteiger partial charge in [0, 0.05) is 23.7 Å². The number of fused-ring (bicyclic) bond motifs is 1. The summed E-state index contributed by atoms with van der Waals surface area (Å²) in [7, 11) is 0. The highest BCUT2D eigenvalue weighted by Crippen LogP contribution is 2.30. The topological polar surface area (TPSA) is 73.9 Å². The van der Waals surface area contributed by atoms with E-state index in [1.165, 1.54) is 6.07 Å². The van der Waals surface area contributed by atoms with Gasteiger partial charge in [0.25, 0.3) is 0 Å². The Morgan fingerprint density at radius 1 is 1.04 bits per heavy atom. The average molecular weight is 323 g/mol. The summed E-state index contributed by atoms with van der Waals surface area (Å²) >= 11 is 0. The van der Waals surface area contributed by atoms with Crippen LogP contribution in [-0.2, 0) is 6.54 Å². The highest BCUT2D eigenvalue weighted by Gasteiger charge is 2.20. The number of hydrogen-bond donors (Lipinski definition) is 2. The van der Waals surface area contributed by atoms with Crippen LogP contribution < -0.4 is 5.43 Å². The lowest BCUT2D eigenvalue weighted by Gasteiger charge is -2.31. The number of phenols is 2. The number of benzene rings is 2. The van der Waals surface area contributed by atoms with Crippen LogP contribution in [-0.4, -0.2) is 28.2 Å². The molecule has 0 spiro atoms. The fourth-order valence-corrected chi connectivity index (χ4v) is 3.00. The second kappa shape index (κ2) is 5.69. The third-order valence-electron chi connectivity index (χ3n) is 4.46. The molecule has 5 nitrogen and oxygen atoms in total. The van der Waals surface area contributed by atoms with Gasteiger partial charge in [-0.15, -0.1) is 0 Å². The van der Waals surface area contributed by atoms with Gasteiger partial charge in [0.1, 0.15) is 22.8 Å². The minimum Gasteiger partial charge on any atom is -0.508 e. The summed E-state index contributed by atoms with van der Waals surface area (Å²) in [6.45, 7) is 2.51. The number of aromatic hydroxyl groups is 2. The molecule has 0 bridgehead atoms. The highest BCUT2D eigenvalue weighted by molar-refractivity contribution is 5.84.